The van der Waals surface area contributed by atoms with E-state index in [1.54, 1.807) is 6.92 Å². The van der Waals surface area contributed by atoms with Gasteiger partial charge in [-0.25, -0.2) is 4.79 Å². The normalized spacial score (nSPS) is 15.3. The lowest BCUT2D eigenvalue weighted by molar-refractivity contribution is -0.139. The Kier molecular flexibility index (Phi) is 22.4. The highest BCUT2D eigenvalue weighted by Gasteiger charge is 2.58. The van der Waals surface area contributed by atoms with Crippen LogP contribution in [0.3, 0.4) is 0 Å². The van der Waals surface area contributed by atoms with Gasteiger partial charge in [0.2, 0.25) is 0 Å². The zero-order chi connectivity index (χ0) is 49.0. The third-order valence-corrected chi connectivity index (χ3v) is 54.5. The van der Waals surface area contributed by atoms with Gasteiger partial charge in [0.15, 0.2) is 25.0 Å². The third kappa shape index (κ3) is 29.8. The molecule has 0 atom stereocenters. The van der Waals surface area contributed by atoms with Crippen molar-refractivity contribution in [2.75, 3.05) is 6.61 Å². The van der Waals surface area contributed by atoms with Gasteiger partial charge in [-0.2, -0.15) is 0 Å². The Morgan fingerprint density at radius 1 is 0.344 bits per heavy atom. The van der Waals surface area contributed by atoms with E-state index in [0.717, 1.165) is 0 Å². The van der Waals surface area contributed by atoms with Gasteiger partial charge in [0.25, 0.3) is 0 Å². The second-order valence-corrected chi connectivity index (χ2v) is 72.4. The summed E-state index contributed by atoms with van der Waals surface area (Å²) < 4.78 is 89.1. The van der Waals surface area contributed by atoms with E-state index < -0.39 is 117 Å². The topological polar surface area (TPSA) is 137 Å². The largest absolute Gasteiger partial charge is 0.474 e. The zero-order valence-electron chi connectivity index (χ0n) is 44.0. The van der Waals surface area contributed by atoms with Crippen LogP contribution in [0, 0.1) is 0 Å². The molecule has 0 saturated heterocycles. The van der Waals surface area contributed by atoms with Crippen molar-refractivity contribution < 1.29 is 58.9 Å². The summed E-state index contributed by atoms with van der Waals surface area (Å²) in [6.07, 6.45) is 0.384. The average molecular weight is 1090 g/mol. The van der Waals surface area contributed by atoms with Crippen LogP contribution >= 0.6 is 0 Å². The minimum Gasteiger partial charge on any atom is -0.462 e. The summed E-state index contributed by atoms with van der Waals surface area (Å²) in [5.41, 5.74) is 0.323. The molecule has 0 unspecified atom stereocenters. The molecular formula is C34H92O14Si13. The van der Waals surface area contributed by atoms with E-state index in [1.807, 2.05) is 78.6 Å². The van der Waals surface area contributed by atoms with Crippen LogP contribution in [0.15, 0.2) is 12.2 Å². The van der Waals surface area contributed by atoms with Crippen LogP contribution in [0.25, 0.3) is 0 Å². The SMILES string of the molecule is C=C(C)C(=O)OCCC[Si](O[Si](C)(C)O[Si](C)(C)O[Si](C)(C)O[Si](C)(C)C)(O[Si](C)(C)O[Si](C)(C)O[Si](C)(C)O[Si](C)(C)C)O[Si](C)(C)O[Si](C)(C)O[Si](C)(C)O[Si](C)(C)C. The Hall–Kier alpha value is 1.55. The lowest BCUT2D eigenvalue weighted by atomic mass is 10.4. The lowest BCUT2D eigenvalue weighted by Crippen LogP contribution is -2.67. The predicted molar refractivity (Wildman–Crippen MR) is 281 cm³/mol. The Morgan fingerprint density at radius 3 is 0.738 bits per heavy atom. The maximum atomic E-state index is 12.5. The van der Waals surface area contributed by atoms with Crippen molar-refractivity contribution in [2.45, 2.75) is 196 Å². The Morgan fingerprint density at radius 2 is 0.541 bits per heavy atom. The second-order valence-electron chi connectivity index (χ2n) is 22.9. The highest BCUT2D eigenvalue weighted by Crippen LogP contribution is 2.36. The standard InChI is InChI=1S/C34H92O14Si13/c1-33(2)34(35)36-31-30-32-61(46-58(24,25)43-55(18,19)40-52(12,13)37-49(3,4)5,47-59(26,27)44-56(20,21)41-53(14,15)38-50(6,7)8)48-60(28,29)45-57(22,23)42-54(16,17)39-51(9,10)11/h1,30-32H2,2-29H3. The first-order valence-corrected chi connectivity index (χ1v) is 59.1. The number of hydrogen-bond donors (Lipinski definition) is 0. The number of esters is 1. The number of carbonyl (C=O) groups is 1. The summed E-state index contributed by atoms with van der Waals surface area (Å²) in [6.45, 7) is 61.7. The lowest BCUT2D eigenvalue weighted by Gasteiger charge is -2.48. The van der Waals surface area contributed by atoms with Gasteiger partial charge in [-0.15, -0.1) is 0 Å². The van der Waals surface area contributed by atoms with Crippen LogP contribution in [-0.2, 0) is 58.9 Å². The third-order valence-electron chi connectivity index (χ3n) is 7.02. The highest BCUT2D eigenvalue weighted by molar-refractivity contribution is 6.95. The fourth-order valence-electron chi connectivity index (χ4n) is 7.87. The van der Waals surface area contributed by atoms with Gasteiger partial charge < -0.3 is 54.1 Å². The molecule has 364 valence electrons. The van der Waals surface area contributed by atoms with E-state index >= 15 is 0 Å². The van der Waals surface area contributed by atoms with Crippen LogP contribution in [0.2, 0.25) is 183 Å². The second kappa shape index (κ2) is 21.9. The fourth-order valence-corrected chi connectivity index (χ4v) is 71.3. The van der Waals surface area contributed by atoms with E-state index in [1.165, 1.54) is 0 Å². The Labute approximate surface area is 388 Å². The van der Waals surface area contributed by atoms with Gasteiger partial charge in [0.05, 0.1) is 6.61 Å². The molecule has 0 N–H and O–H groups in total. The number of carbonyl (C=O) groups excluding carboxylic acids is 1. The predicted octanol–water partition coefficient (Wildman–Crippen LogP) is 11.5. The molecule has 0 aromatic heterocycles. The quantitative estimate of drug-likeness (QED) is 0.0304. The molecule has 0 bridgehead atoms. The Balaban J connectivity index is 7.48. The molecule has 0 aliphatic carbocycles. The molecule has 0 aliphatic rings. The summed E-state index contributed by atoms with van der Waals surface area (Å²) in [4.78, 5) is 12.5. The van der Waals surface area contributed by atoms with E-state index in [9.17, 15) is 4.79 Å². The van der Waals surface area contributed by atoms with E-state index in [-0.39, 0.29) is 6.61 Å². The minimum atomic E-state index is -3.93. The summed E-state index contributed by atoms with van der Waals surface area (Å²) in [7, 11) is -35.6. The molecular weight excluding hydrogens is 997 g/mol. The number of ether oxygens (including phenoxy) is 1. The highest BCUT2D eigenvalue weighted by atomic mass is 28.6. The molecule has 0 heterocycles. The summed E-state index contributed by atoms with van der Waals surface area (Å²) in [5.74, 6) is -0.462. The van der Waals surface area contributed by atoms with Crippen LogP contribution in [0.1, 0.15) is 13.3 Å². The average Bonchev–Trinajstić information content (AvgIpc) is 2.80. The molecule has 0 aromatic carbocycles. The molecule has 0 radical (unpaired) electrons. The molecule has 0 aliphatic heterocycles. The van der Waals surface area contributed by atoms with Crippen molar-refractivity contribution in [1.29, 1.82) is 0 Å². The maximum absolute atomic E-state index is 12.5. The number of hydrogen-bond acceptors (Lipinski definition) is 14. The molecule has 0 aromatic rings. The maximum Gasteiger partial charge on any atom is 0.474 e. The van der Waals surface area contributed by atoms with E-state index in [0.29, 0.717) is 18.0 Å². The molecule has 61 heavy (non-hydrogen) atoms. The van der Waals surface area contributed by atoms with Crippen molar-refractivity contribution in [3.63, 3.8) is 0 Å². The molecule has 0 fully saturated rings. The number of rotatable bonds is 29. The van der Waals surface area contributed by atoms with Crippen molar-refractivity contribution in [3.8, 4) is 0 Å². The Bertz CT molecular complexity index is 1300. The first-order chi connectivity index (χ1) is 26.3. The zero-order valence-corrected chi connectivity index (χ0v) is 57.0. The smallest absolute Gasteiger partial charge is 0.462 e. The first-order valence-electron chi connectivity index (χ1n) is 21.6. The summed E-state index contributed by atoms with van der Waals surface area (Å²) in [6, 6.07) is 0.293. The summed E-state index contributed by atoms with van der Waals surface area (Å²) in [5, 5.41) is 0. The van der Waals surface area contributed by atoms with Gasteiger partial charge in [-0.1, -0.05) is 6.58 Å². The van der Waals surface area contributed by atoms with Gasteiger partial charge >= 0.3 is 91.8 Å². The molecule has 0 saturated carbocycles. The monoisotopic (exact) mass is 1090 g/mol. The van der Waals surface area contributed by atoms with Crippen molar-refractivity contribution in [2.24, 2.45) is 0 Å². The van der Waals surface area contributed by atoms with Crippen LogP contribution in [0.4, 0.5) is 0 Å². The summed E-state index contributed by atoms with van der Waals surface area (Å²) >= 11 is 0. The van der Waals surface area contributed by atoms with Crippen molar-refractivity contribution in [3.05, 3.63) is 12.2 Å². The van der Waals surface area contributed by atoms with Gasteiger partial charge in [0, 0.05) is 11.6 Å². The van der Waals surface area contributed by atoms with Crippen molar-refractivity contribution >= 4 is 117 Å². The molecule has 14 nitrogen and oxygen atoms in total. The molecule has 27 heteroatoms. The molecule has 0 spiro atoms. The van der Waals surface area contributed by atoms with Crippen LogP contribution < -0.4 is 0 Å². The van der Waals surface area contributed by atoms with Crippen LogP contribution in [-0.4, -0.2) is 123 Å². The van der Waals surface area contributed by atoms with Gasteiger partial charge in [-0.3, -0.25) is 0 Å². The fraction of sp³-hybridized carbons (Fsp3) is 0.912. The first kappa shape index (κ1) is 62.5. The molecule has 0 rings (SSSR count). The van der Waals surface area contributed by atoms with Gasteiger partial charge in [-0.05, 0) is 190 Å². The minimum absolute atomic E-state index is 0.108. The van der Waals surface area contributed by atoms with Crippen molar-refractivity contribution in [1.82, 2.24) is 0 Å². The molecule has 0 amide bonds. The van der Waals surface area contributed by atoms with Gasteiger partial charge in [0.1, 0.15) is 0 Å². The van der Waals surface area contributed by atoms with E-state index in [2.05, 4.69) is 105 Å². The van der Waals surface area contributed by atoms with E-state index in [4.69, 9.17) is 54.1 Å². The van der Waals surface area contributed by atoms with Crippen LogP contribution in [0.5, 0.6) is 0 Å².